The van der Waals surface area contributed by atoms with E-state index in [9.17, 15) is 4.79 Å². The molecular weight excluding hydrogens is 374 g/mol. The van der Waals surface area contributed by atoms with Crippen LogP contribution >= 0.6 is 11.3 Å². The zero-order valence-electron chi connectivity index (χ0n) is 17.8. The molecule has 3 rings (SSSR count). The number of carbonyl (C=O) groups is 1. The number of aliphatic imine (C=N–C) groups is 1. The van der Waals surface area contributed by atoms with E-state index in [1.54, 1.807) is 18.4 Å². The molecule has 3 heterocycles. The molecule has 0 aliphatic carbocycles. The Morgan fingerprint density at radius 2 is 1.93 bits per heavy atom. The number of fused-ring (bicyclic) bond motifs is 2. The van der Waals surface area contributed by atoms with Gasteiger partial charge in [0.25, 0.3) is 0 Å². The molecule has 2 aliphatic rings. The molecule has 2 bridgehead atoms. The van der Waals surface area contributed by atoms with Crippen LogP contribution < -0.4 is 10.6 Å². The van der Waals surface area contributed by atoms with Crippen LogP contribution in [0.25, 0.3) is 0 Å². The van der Waals surface area contributed by atoms with Gasteiger partial charge in [0.05, 0.1) is 12.2 Å². The fourth-order valence-electron chi connectivity index (χ4n) is 4.07. The number of rotatable bonds is 3. The quantitative estimate of drug-likeness (QED) is 0.593. The predicted molar refractivity (Wildman–Crippen MR) is 113 cm³/mol. The van der Waals surface area contributed by atoms with Crippen LogP contribution in [0.1, 0.15) is 62.0 Å². The van der Waals surface area contributed by atoms with Crippen LogP contribution in [0, 0.1) is 13.8 Å². The van der Waals surface area contributed by atoms with Crippen molar-refractivity contribution in [2.45, 2.75) is 90.6 Å². The van der Waals surface area contributed by atoms with Crippen LogP contribution in [-0.4, -0.2) is 52.7 Å². The molecule has 0 saturated carbocycles. The van der Waals surface area contributed by atoms with Gasteiger partial charge in [-0.15, -0.1) is 11.3 Å². The summed E-state index contributed by atoms with van der Waals surface area (Å²) in [5.41, 5.74) is 0.639. The summed E-state index contributed by atoms with van der Waals surface area (Å²) in [6.45, 7) is 10.6. The molecule has 2 aliphatic heterocycles. The lowest BCUT2D eigenvalue weighted by Gasteiger charge is -2.40. The van der Waals surface area contributed by atoms with E-state index in [2.05, 4.69) is 27.5 Å². The highest BCUT2D eigenvalue weighted by Gasteiger charge is 2.45. The maximum atomic E-state index is 12.6. The molecule has 2 saturated heterocycles. The van der Waals surface area contributed by atoms with Gasteiger partial charge in [0, 0.05) is 30.1 Å². The fourth-order valence-corrected chi connectivity index (χ4v) is 4.94. The molecule has 0 spiro atoms. The summed E-state index contributed by atoms with van der Waals surface area (Å²) in [6.07, 6.45) is 3.77. The Balaban J connectivity index is 1.54. The van der Waals surface area contributed by atoms with Crippen LogP contribution in [0.15, 0.2) is 4.99 Å². The van der Waals surface area contributed by atoms with Crippen LogP contribution in [0.5, 0.6) is 0 Å². The number of aromatic nitrogens is 1. The third-order valence-electron chi connectivity index (χ3n) is 5.38. The van der Waals surface area contributed by atoms with Crippen molar-refractivity contribution < 1.29 is 9.53 Å². The van der Waals surface area contributed by atoms with Crippen molar-refractivity contribution in [3.05, 3.63) is 15.6 Å². The summed E-state index contributed by atoms with van der Waals surface area (Å²) in [4.78, 5) is 24.8. The Morgan fingerprint density at radius 1 is 1.29 bits per heavy atom. The molecule has 7 nitrogen and oxygen atoms in total. The minimum atomic E-state index is -0.454. The Kier molecular flexibility index (Phi) is 6.17. The van der Waals surface area contributed by atoms with Crippen LogP contribution in [-0.2, 0) is 11.3 Å². The van der Waals surface area contributed by atoms with Gasteiger partial charge in [0.15, 0.2) is 5.96 Å². The molecule has 28 heavy (non-hydrogen) atoms. The number of guanidine groups is 1. The Bertz CT molecular complexity index is 706. The molecule has 0 aromatic carbocycles. The number of piperidine rings is 1. The fraction of sp³-hybridized carbons (Fsp3) is 0.750. The normalized spacial score (nSPS) is 25.0. The predicted octanol–water partition coefficient (Wildman–Crippen LogP) is 3.36. The van der Waals surface area contributed by atoms with Crippen molar-refractivity contribution in [1.29, 1.82) is 0 Å². The molecule has 2 fully saturated rings. The first-order valence-electron chi connectivity index (χ1n) is 10.1. The van der Waals surface area contributed by atoms with Gasteiger partial charge < -0.3 is 20.3 Å². The molecular formula is C20H33N5O2S. The second kappa shape index (κ2) is 8.27. The first-order chi connectivity index (χ1) is 13.2. The summed E-state index contributed by atoms with van der Waals surface area (Å²) >= 11 is 1.72. The monoisotopic (exact) mass is 407 g/mol. The molecule has 2 atom stereocenters. The van der Waals surface area contributed by atoms with Crippen LogP contribution in [0.2, 0.25) is 0 Å². The minimum Gasteiger partial charge on any atom is -0.444 e. The highest BCUT2D eigenvalue weighted by atomic mass is 32.1. The third-order valence-corrected chi connectivity index (χ3v) is 6.45. The molecule has 1 amide bonds. The van der Waals surface area contributed by atoms with Gasteiger partial charge in [-0.1, -0.05) is 0 Å². The number of thiazole rings is 1. The van der Waals surface area contributed by atoms with Crippen molar-refractivity contribution in [3.63, 3.8) is 0 Å². The SMILES string of the molecule is CN=C(NCc1nc(C)c(C)s1)NC1CC2CCC(C1)N2C(=O)OC(C)(C)C. The molecule has 1 aromatic heterocycles. The molecule has 156 valence electrons. The second-order valence-electron chi connectivity index (χ2n) is 8.76. The average molecular weight is 408 g/mol. The number of nitrogens with zero attached hydrogens (tertiary/aromatic N) is 3. The Morgan fingerprint density at radius 3 is 2.43 bits per heavy atom. The van der Waals surface area contributed by atoms with E-state index in [4.69, 9.17) is 4.74 Å². The first-order valence-corrected chi connectivity index (χ1v) is 10.9. The standard InChI is InChI=1S/C20H33N5O2S/c1-12-13(2)28-17(23-12)11-22-18(21-6)24-14-9-15-7-8-16(10-14)25(15)19(26)27-20(3,4)5/h14-16H,7-11H2,1-6H3,(H2,21,22,24). The molecule has 8 heteroatoms. The van der Waals surface area contributed by atoms with E-state index in [-0.39, 0.29) is 18.2 Å². The zero-order chi connectivity index (χ0) is 20.5. The zero-order valence-corrected chi connectivity index (χ0v) is 18.7. The topological polar surface area (TPSA) is 78.9 Å². The highest BCUT2D eigenvalue weighted by molar-refractivity contribution is 7.11. The number of nitrogens with one attached hydrogen (secondary N) is 2. The second-order valence-corrected chi connectivity index (χ2v) is 10.0. The van der Waals surface area contributed by atoms with Gasteiger partial charge in [0.1, 0.15) is 10.6 Å². The van der Waals surface area contributed by atoms with Crippen LogP contribution in [0.3, 0.4) is 0 Å². The number of hydrogen-bond acceptors (Lipinski definition) is 5. The minimum absolute atomic E-state index is 0.171. The van der Waals surface area contributed by atoms with Gasteiger partial charge in [0.2, 0.25) is 0 Å². The maximum absolute atomic E-state index is 12.6. The van der Waals surface area contributed by atoms with Gasteiger partial charge in [-0.05, 0) is 60.3 Å². The lowest BCUT2D eigenvalue weighted by Crippen LogP contribution is -2.54. The lowest BCUT2D eigenvalue weighted by atomic mass is 9.98. The third kappa shape index (κ3) is 4.96. The van der Waals surface area contributed by atoms with Crippen molar-refractivity contribution in [2.75, 3.05) is 7.05 Å². The van der Waals surface area contributed by atoms with Gasteiger partial charge in [-0.3, -0.25) is 4.99 Å². The van der Waals surface area contributed by atoms with Crippen LogP contribution in [0.4, 0.5) is 4.79 Å². The smallest absolute Gasteiger partial charge is 0.410 e. The van der Waals surface area contributed by atoms with E-state index in [0.29, 0.717) is 12.6 Å². The largest absolute Gasteiger partial charge is 0.444 e. The molecule has 1 aromatic rings. The Hall–Kier alpha value is -1.83. The number of carbonyl (C=O) groups excluding carboxylic acids is 1. The number of aryl methyl sites for hydroxylation is 2. The summed E-state index contributed by atoms with van der Waals surface area (Å²) in [5.74, 6) is 0.792. The molecule has 0 radical (unpaired) electrons. The van der Waals surface area contributed by atoms with Crippen molar-refractivity contribution in [3.8, 4) is 0 Å². The Labute approximate surface area is 172 Å². The van der Waals surface area contributed by atoms with E-state index in [0.717, 1.165) is 42.3 Å². The van der Waals surface area contributed by atoms with Crippen molar-refractivity contribution in [2.24, 2.45) is 4.99 Å². The summed E-state index contributed by atoms with van der Waals surface area (Å²) < 4.78 is 5.62. The van der Waals surface area contributed by atoms with E-state index < -0.39 is 5.60 Å². The maximum Gasteiger partial charge on any atom is 0.410 e. The highest BCUT2D eigenvalue weighted by Crippen LogP contribution is 2.36. The summed E-state index contributed by atoms with van der Waals surface area (Å²) in [6, 6.07) is 0.795. The molecule has 2 unspecified atom stereocenters. The van der Waals surface area contributed by atoms with E-state index >= 15 is 0 Å². The number of hydrogen-bond donors (Lipinski definition) is 2. The van der Waals surface area contributed by atoms with Crippen molar-refractivity contribution in [1.82, 2.24) is 20.5 Å². The lowest BCUT2D eigenvalue weighted by molar-refractivity contribution is 0.00545. The van der Waals surface area contributed by atoms with E-state index in [1.165, 1.54) is 4.88 Å². The van der Waals surface area contributed by atoms with Crippen molar-refractivity contribution >= 4 is 23.4 Å². The van der Waals surface area contributed by atoms with Gasteiger partial charge >= 0.3 is 6.09 Å². The van der Waals surface area contributed by atoms with E-state index in [1.807, 2.05) is 32.6 Å². The number of amides is 1. The summed E-state index contributed by atoms with van der Waals surface area (Å²) in [5, 5.41) is 7.98. The van der Waals surface area contributed by atoms with Gasteiger partial charge in [-0.25, -0.2) is 9.78 Å². The summed E-state index contributed by atoms with van der Waals surface area (Å²) in [7, 11) is 1.79. The first kappa shape index (κ1) is 20.9. The molecule has 2 N–H and O–H groups in total. The average Bonchev–Trinajstić information content (AvgIpc) is 3.06. The number of ether oxygens (including phenoxy) is 1. The van der Waals surface area contributed by atoms with Gasteiger partial charge in [-0.2, -0.15) is 0 Å².